The Hall–Kier alpha value is -1.11. The van der Waals surface area contributed by atoms with Gasteiger partial charge in [-0.1, -0.05) is 22.0 Å². The van der Waals surface area contributed by atoms with Crippen LogP contribution >= 0.6 is 15.9 Å². The Labute approximate surface area is 121 Å². The molecule has 0 aliphatic carbocycles. The van der Waals surface area contributed by atoms with Gasteiger partial charge in [0, 0.05) is 4.47 Å². The van der Waals surface area contributed by atoms with Gasteiger partial charge < -0.3 is 19.9 Å². The van der Waals surface area contributed by atoms with Crippen LogP contribution in [-0.4, -0.2) is 32.9 Å². The molecule has 2 N–H and O–H groups in total. The second kappa shape index (κ2) is 8.14. The van der Waals surface area contributed by atoms with Crippen molar-refractivity contribution in [3.8, 4) is 5.75 Å². The first kappa shape index (κ1) is 15.9. The lowest BCUT2D eigenvalue weighted by molar-refractivity contribution is -0.148. The van der Waals surface area contributed by atoms with Crippen molar-refractivity contribution in [2.24, 2.45) is 5.73 Å². The molecule has 0 radical (unpaired) electrons. The number of rotatable bonds is 7. The molecule has 5 nitrogen and oxygen atoms in total. The second-order valence-corrected chi connectivity index (χ2v) is 4.67. The summed E-state index contributed by atoms with van der Waals surface area (Å²) in [5.41, 5.74) is 6.89. The molecule has 1 rings (SSSR count). The van der Waals surface area contributed by atoms with Crippen molar-refractivity contribution in [2.45, 2.75) is 13.0 Å². The highest BCUT2D eigenvalue weighted by Gasteiger charge is 2.12. The van der Waals surface area contributed by atoms with Gasteiger partial charge in [-0.15, -0.1) is 0 Å². The molecule has 1 atom stereocenters. The molecular weight excluding hydrogens is 314 g/mol. The van der Waals surface area contributed by atoms with Crippen molar-refractivity contribution < 1.29 is 19.0 Å². The maximum Gasteiger partial charge on any atom is 0.332 e. The monoisotopic (exact) mass is 331 g/mol. The predicted molar refractivity (Wildman–Crippen MR) is 75.1 cm³/mol. The molecule has 0 heterocycles. The van der Waals surface area contributed by atoms with Crippen LogP contribution in [0.25, 0.3) is 0 Å². The predicted octanol–water partition coefficient (Wildman–Crippen LogP) is 2.04. The number of halogens is 1. The van der Waals surface area contributed by atoms with E-state index in [1.165, 1.54) is 0 Å². The molecular formula is C13H18BrNO4. The van der Waals surface area contributed by atoms with Crippen molar-refractivity contribution in [1.29, 1.82) is 0 Å². The number of carbonyl (C=O) groups excluding carboxylic acids is 1. The van der Waals surface area contributed by atoms with Gasteiger partial charge in [-0.05, 0) is 24.6 Å². The summed E-state index contributed by atoms with van der Waals surface area (Å²) in [6, 6.07) is 5.20. The number of benzene rings is 1. The fourth-order valence-electron chi connectivity index (χ4n) is 1.50. The van der Waals surface area contributed by atoms with E-state index in [1.807, 2.05) is 18.2 Å². The zero-order valence-corrected chi connectivity index (χ0v) is 12.6. The lowest BCUT2D eigenvalue weighted by Gasteiger charge is -2.14. The zero-order chi connectivity index (χ0) is 14.3. The summed E-state index contributed by atoms with van der Waals surface area (Å²) in [6.07, 6.45) is 0. The van der Waals surface area contributed by atoms with Crippen LogP contribution in [0.15, 0.2) is 22.7 Å². The molecule has 1 unspecified atom stereocenters. The number of nitrogens with two attached hydrogens (primary N) is 1. The number of hydrogen-bond acceptors (Lipinski definition) is 5. The van der Waals surface area contributed by atoms with E-state index < -0.39 is 0 Å². The average molecular weight is 332 g/mol. The highest BCUT2D eigenvalue weighted by Crippen LogP contribution is 2.26. The van der Waals surface area contributed by atoms with E-state index in [4.69, 9.17) is 19.9 Å². The van der Waals surface area contributed by atoms with E-state index in [-0.39, 0.29) is 25.2 Å². The van der Waals surface area contributed by atoms with Crippen molar-refractivity contribution >= 4 is 21.9 Å². The normalized spacial score (nSPS) is 12.0. The SMILES string of the molecule is CCOC(=O)COCC(N)c1ccc(OC)cc1Br. The highest BCUT2D eigenvalue weighted by atomic mass is 79.9. The average Bonchev–Trinajstić information content (AvgIpc) is 2.38. The lowest BCUT2D eigenvalue weighted by atomic mass is 10.1. The van der Waals surface area contributed by atoms with Crippen molar-refractivity contribution in [2.75, 3.05) is 26.9 Å². The number of ether oxygens (including phenoxy) is 3. The van der Waals surface area contributed by atoms with Gasteiger partial charge in [0.05, 0.1) is 26.4 Å². The minimum Gasteiger partial charge on any atom is -0.497 e. The van der Waals surface area contributed by atoms with Crippen molar-refractivity contribution in [3.05, 3.63) is 28.2 Å². The van der Waals surface area contributed by atoms with Gasteiger partial charge in [0.2, 0.25) is 0 Å². The van der Waals surface area contributed by atoms with Gasteiger partial charge in [-0.25, -0.2) is 4.79 Å². The van der Waals surface area contributed by atoms with Crippen LogP contribution in [0.5, 0.6) is 5.75 Å². The lowest BCUT2D eigenvalue weighted by Crippen LogP contribution is -2.21. The topological polar surface area (TPSA) is 70.8 Å². The first-order chi connectivity index (χ1) is 9.08. The fourth-order valence-corrected chi connectivity index (χ4v) is 2.15. The molecule has 19 heavy (non-hydrogen) atoms. The molecule has 0 aromatic heterocycles. The van der Waals surface area contributed by atoms with E-state index in [1.54, 1.807) is 14.0 Å². The molecule has 0 amide bonds. The van der Waals surface area contributed by atoms with Crippen LogP contribution in [0.2, 0.25) is 0 Å². The number of hydrogen-bond donors (Lipinski definition) is 1. The fraction of sp³-hybridized carbons (Fsp3) is 0.462. The standard InChI is InChI=1S/C13H18BrNO4/c1-3-19-13(16)8-18-7-12(15)10-5-4-9(17-2)6-11(10)14/h4-6,12H,3,7-8,15H2,1-2H3. The third kappa shape index (κ3) is 5.18. The van der Waals surface area contributed by atoms with Crippen molar-refractivity contribution in [3.63, 3.8) is 0 Å². The molecule has 6 heteroatoms. The zero-order valence-electron chi connectivity index (χ0n) is 11.0. The quantitative estimate of drug-likeness (QED) is 0.774. The van der Waals surface area contributed by atoms with E-state index in [0.717, 1.165) is 15.8 Å². The van der Waals surface area contributed by atoms with Crippen LogP contribution in [-0.2, 0) is 14.3 Å². The Kier molecular flexibility index (Phi) is 6.83. The van der Waals surface area contributed by atoms with Gasteiger partial charge >= 0.3 is 5.97 Å². The third-order valence-corrected chi connectivity index (χ3v) is 3.12. The third-order valence-electron chi connectivity index (χ3n) is 2.43. The summed E-state index contributed by atoms with van der Waals surface area (Å²) in [7, 11) is 1.60. The van der Waals surface area contributed by atoms with Gasteiger partial charge in [-0.2, -0.15) is 0 Å². The summed E-state index contributed by atoms with van der Waals surface area (Å²) in [5.74, 6) is 0.360. The maximum atomic E-state index is 11.1. The molecule has 1 aromatic rings. The summed E-state index contributed by atoms with van der Waals surface area (Å²) < 4.78 is 15.9. The van der Waals surface area contributed by atoms with Crippen LogP contribution < -0.4 is 10.5 Å². The smallest absolute Gasteiger partial charge is 0.332 e. The summed E-state index contributed by atoms with van der Waals surface area (Å²) in [4.78, 5) is 11.1. The Balaban J connectivity index is 2.49. The first-order valence-electron chi connectivity index (χ1n) is 5.90. The molecule has 0 aliphatic rings. The van der Waals surface area contributed by atoms with Crippen molar-refractivity contribution in [1.82, 2.24) is 0 Å². The molecule has 0 saturated carbocycles. The van der Waals surface area contributed by atoms with Crippen LogP contribution in [0.4, 0.5) is 0 Å². The highest BCUT2D eigenvalue weighted by molar-refractivity contribution is 9.10. The Morgan fingerprint density at radius 1 is 1.47 bits per heavy atom. The molecule has 0 fully saturated rings. The second-order valence-electron chi connectivity index (χ2n) is 3.81. The molecule has 0 saturated heterocycles. The van der Waals surface area contributed by atoms with Gasteiger partial charge in [0.15, 0.2) is 0 Å². The van der Waals surface area contributed by atoms with E-state index in [2.05, 4.69) is 15.9 Å². The number of esters is 1. The Morgan fingerprint density at radius 2 is 2.21 bits per heavy atom. The molecule has 0 aliphatic heterocycles. The van der Waals surface area contributed by atoms with E-state index in [9.17, 15) is 4.79 Å². The van der Waals surface area contributed by atoms with Crippen LogP contribution in [0.1, 0.15) is 18.5 Å². The molecule has 1 aromatic carbocycles. The minimum atomic E-state index is -0.386. The van der Waals surface area contributed by atoms with E-state index >= 15 is 0 Å². The van der Waals surface area contributed by atoms with E-state index in [0.29, 0.717) is 6.61 Å². The minimum absolute atomic E-state index is 0.0880. The van der Waals surface area contributed by atoms with Crippen LogP contribution in [0.3, 0.4) is 0 Å². The summed E-state index contributed by atoms with van der Waals surface area (Å²) in [5, 5.41) is 0. The number of carbonyl (C=O) groups is 1. The van der Waals surface area contributed by atoms with Gasteiger partial charge in [-0.3, -0.25) is 0 Å². The largest absolute Gasteiger partial charge is 0.497 e. The molecule has 0 spiro atoms. The van der Waals surface area contributed by atoms with Crippen LogP contribution in [0, 0.1) is 0 Å². The maximum absolute atomic E-state index is 11.1. The Morgan fingerprint density at radius 3 is 2.79 bits per heavy atom. The van der Waals surface area contributed by atoms with Gasteiger partial charge in [0.1, 0.15) is 12.4 Å². The molecule has 106 valence electrons. The first-order valence-corrected chi connectivity index (χ1v) is 6.70. The molecule has 0 bridgehead atoms. The van der Waals surface area contributed by atoms with Gasteiger partial charge in [0.25, 0.3) is 0 Å². The Bertz CT molecular complexity index is 425. The summed E-state index contributed by atoms with van der Waals surface area (Å²) >= 11 is 3.43. The summed E-state index contributed by atoms with van der Waals surface area (Å²) in [6.45, 7) is 2.25. The number of methoxy groups -OCH3 is 1.